The lowest BCUT2D eigenvalue weighted by Crippen LogP contribution is -2.48. The third-order valence-corrected chi connectivity index (χ3v) is 4.94. The van der Waals surface area contributed by atoms with Gasteiger partial charge in [-0.05, 0) is 64.8 Å². The summed E-state index contributed by atoms with van der Waals surface area (Å²) in [4.78, 5) is 17.0. The van der Waals surface area contributed by atoms with E-state index in [1.807, 2.05) is 11.9 Å². The molecule has 0 radical (unpaired) electrons. The largest absolute Gasteiger partial charge is 0.345 e. The van der Waals surface area contributed by atoms with Crippen LogP contribution in [0.4, 0.5) is 0 Å². The number of nitrogens with one attached hydrogen (secondary N) is 1. The summed E-state index contributed by atoms with van der Waals surface area (Å²) in [7, 11) is 4.18. The summed E-state index contributed by atoms with van der Waals surface area (Å²) >= 11 is 0. The molecule has 0 saturated carbocycles. The van der Waals surface area contributed by atoms with Gasteiger partial charge in [-0.15, -0.1) is 0 Å². The van der Waals surface area contributed by atoms with Crippen molar-refractivity contribution in [2.24, 2.45) is 11.3 Å². The fourth-order valence-corrected chi connectivity index (χ4v) is 3.37. The molecule has 0 aromatic rings. The van der Waals surface area contributed by atoms with Crippen LogP contribution in [0, 0.1) is 11.3 Å². The van der Waals surface area contributed by atoms with E-state index in [9.17, 15) is 4.79 Å². The summed E-state index contributed by atoms with van der Waals surface area (Å²) in [5, 5.41) is 3.34. The summed E-state index contributed by atoms with van der Waals surface area (Å²) in [6.45, 7) is 7.38. The van der Waals surface area contributed by atoms with E-state index < -0.39 is 0 Å². The van der Waals surface area contributed by atoms with Crippen LogP contribution < -0.4 is 5.32 Å². The van der Waals surface area contributed by atoms with Crippen molar-refractivity contribution in [1.82, 2.24) is 15.1 Å². The first kappa shape index (κ1) is 14.8. The van der Waals surface area contributed by atoms with Crippen LogP contribution in [0.5, 0.6) is 0 Å². The zero-order valence-electron chi connectivity index (χ0n) is 12.7. The first-order valence-electron chi connectivity index (χ1n) is 7.66. The van der Waals surface area contributed by atoms with Crippen molar-refractivity contribution in [3.8, 4) is 0 Å². The van der Waals surface area contributed by atoms with Gasteiger partial charge in [0.2, 0.25) is 5.91 Å². The highest BCUT2D eigenvalue weighted by atomic mass is 16.2. The number of carbonyl (C=O) groups excluding carboxylic acids is 1. The second-order valence-electron chi connectivity index (χ2n) is 6.74. The molecule has 0 bridgehead atoms. The average molecular weight is 267 g/mol. The lowest BCUT2D eigenvalue weighted by atomic mass is 9.79. The third-order valence-electron chi connectivity index (χ3n) is 4.94. The Bertz CT molecular complexity index is 305. The van der Waals surface area contributed by atoms with Crippen LogP contribution in [0.15, 0.2) is 0 Å². The number of piperidine rings is 2. The van der Waals surface area contributed by atoms with Crippen molar-refractivity contribution in [3.05, 3.63) is 0 Å². The molecule has 0 atom stereocenters. The van der Waals surface area contributed by atoms with Gasteiger partial charge in [0.1, 0.15) is 0 Å². The molecule has 0 spiro atoms. The van der Waals surface area contributed by atoms with Gasteiger partial charge < -0.3 is 15.1 Å². The van der Waals surface area contributed by atoms with E-state index >= 15 is 0 Å². The maximum absolute atomic E-state index is 12.6. The van der Waals surface area contributed by atoms with Crippen LogP contribution in [0.2, 0.25) is 0 Å². The van der Waals surface area contributed by atoms with Crippen LogP contribution in [0.3, 0.4) is 0 Å². The number of amides is 1. The van der Waals surface area contributed by atoms with Crippen LogP contribution in [-0.2, 0) is 4.79 Å². The number of hydrogen-bond donors (Lipinski definition) is 1. The molecule has 4 heteroatoms. The third kappa shape index (κ3) is 3.69. The number of carbonyl (C=O) groups is 1. The van der Waals surface area contributed by atoms with Crippen LogP contribution in [0.1, 0.15) is 32.6 Å². The van der Waals surface area contributed by atoms with E-state index in [1.54, 1.807) is 0 Å². The maximum Gasteiger partial charge on any atom is 0.228 e. The van der Waals surface area contributed by atoms with E-state index in [0.717, 1.165) is 32.5 Å². The van der Waals surface area contributed by atoms with E-state index in [1.165, 1.54) is 25.9 Å². The quantitative estimate of drug-likeness (QED) is 0.834. The summed E-state index contributed by atoms with van der Waals surface area (Å²) < 4.78 is 0. The van der Waals surface area contributed by atoms with E-state index in [4.69, 9.17) is 0 Å². The smallest absolute Gasteiger partial charge is 0.228 e. The van der Waals surface area contributed by atoms with Crippen molar-refractivity contribution in [2.75, 3.05) is 46.8 Å². The van der Waals surface area contributed by atoms with Gasteiger partial charge >= 0.3 is 0 Å². The van der Waals surface area contributed by atoms with Gasteiger partial charge in [-0.2, -0.15) is 0 Å². The Kier molecular flexibility index (Phi) is 4.85. The van der Waals surface area contributed by atoms with Gasteiger partial charge in [0.25, 0.3) is 0 Å². The van der Waals surface area contributed by atoms with E-state index in [0.29, 0.717) is 11.8 Å². The number of rotatable bonds is 3. The molecule has 0 aromatic heterocycles. The predicted molar refractivity (Wildman–Crippen MR) is 78.1 cm³/mol. The van der Waals surface area contributed by atoms with Gasteiger partial charge in [0.15, 0.2) is 0 Å². The molecule has 110 valence electrons. The molecule has 1 amide bonds. The van der Waals surface area contributed by atoms with Crippen LogP contribution in [0.25, 0.3) is 0 Å². The Labute approximate surface area is 117 Å². The normalized spacial score (nSPS) is 25.2. The van der Waals surface area contributed by atoms with Crippen molar-refractivity contribution >= 4 is 5.91 Å². The molecule has 2 fully saturated rings. The van der Waals surface area contributed by atoms with Crippen molar-refractivity contribution in [2.45, 2.75) is 32.6 Å². The molecular weight excluding hydrogens is 238 g/mol. The lowest BCUT2D eigenvalue weighted by Gasteiger charge is -2.38. The summed E-state index contributed by atoms with van der Waals surface area (Å²) in [5.74, 6) is 1.04. The molecule has 0 aliphatic carbocycles. The zero-order chi connectivity index (χ0) is 13.9. The molecular formula is C15H29N3O. The zero-order valence-corrected chi connectivity index (χ0v) is 12.7. The van der Waals surface area contributed by atoms with Gasteiger partial charge in [-0.25, -0.2) is 0 Å². The fraction of sp³-hybridized carbons (Fsp3) is 0.933. The predicted octanol–water partition coefficient (Wildman–Crippen LogP) is 1.18. The Morgan fingerprint density at radius 2 is 1.89 bits per heavy atom. The monoisotopic (exact) mass is 267 g/mol. The van der Waals surface area contributed by atoms with E-state index in [-0.39, 0.29) is 5.41 Å². The Balaban J connectivity index is 1.85. The van der Waals surface area contributed by atoms with Crippen LogP contribution in [-0.4, -0.2) is 62.5 Å². The molecule has 2 aliphatic rings. The summed E-state index contributed by atoms with van der Waals surface area (Å²) in [6, 6.07) is 0. The molecule has 4 nitrogen and oxygen atoms in total. The minimum Gasteiger partial charge on any atom is -0.345 e. The molecule has 2 saturated heterocycles. The van der Waals surface area contributed by atoms with Crippen molar-refractivity contribution < 1.29 is 4.79 Å². The average Bonchev–Trinajstić information content (AvgIpc) is 2.41. The first-order valence-corrected chi connectivity index (χ1v) is 7.66. The highest BCUT2D eigenvalue weighted by Crippen LogP contribution is 2.30. The van der Waals surface area contributed by atoms with Crippen molar-refractivity contribution in [3.63, 3.8) is 0 Å². The number of likely N-dealkylation sites (tertiary alicyclic amines) is 1. The Morgan fingerprint density at radius 3 is 2.47 bits per heavy atom. The first-order chi connectivity index (χ1) is 9.01. The SMILES string of the molecule is CN1CCC(CN(C)C(=O)C2(C)CCNCC2)CC1. The Hall–Kier alpha value is -0.610. The van der Waals surface area contributed by atoms with E-state index in [2.05, 4.69) is 24.2 Å². The molecule has 1 N–H and O–H groups in total. The number of nitrogens with zero attached hydrogens (tertiary/aromatic N) is 2. The molecule has 0 unspecified atom stereocenters. The molecule has 19 heavy (non-hydrogen) atoms. The lowest BCUT2D eigenvalue weighted by molar-refractivity contribution is -0.142. The molecule has 2 rings (SSSR count). The topological polar surface area (TPSA) is 35.6 Å². The molecule has 2 heterocycles. The van der Waals surface area contributed by atoms with Gasteiger partial charge in [-0.3, -0.25) is 4.79 Å². The highest BCUT2D eigenvalue weighted by molar-refractivity contribution is 5.82. The summed E-state index contributed by atoms with van der Waals surface area (Å²) in [6.07, 6.45) is 4.41. The van der Waals surface area contributed by atoms with Crippen molar-refractivity contribution in [1.29, 1.82) is 0 Å². The van der Waals surface area contributed by atoms with Gasteiger partial charge in [-0.1, -0.05) is 6.92 Å². The standard InChI is InChI=1S/C15H29N3O/c1-15(6-8-16-9-7-15)14(19)18(3)12-13-4-10-17(2)11-5-13/h13,16H,4-12H2,1-3H3. The second kappa shape index (κ2) is 6.23. The molecule has 2 aliphatic heterocycles. The fourth-order valence-electron chi connectivity index (χ4n) is 3.37. The second-order valence-corrected chi connectivity index (χ2v) is 6.74. The maximum atomic E-state index is 12.6. The Morgan fingerprint density at radius 1 is 1.32 bits per heavy atom. The highest BCUT2D eigenvalue weighted by Gasteiger charge is 2.37. The van der Waals surface area contributed by atoms with Gasteiger partial charge in [0, 0.05) is 19.0 Å². The minimum absolute atomic E-state index is 0.133. The van der Waals surface area contributed by atoms with Crippen LogP contribution >= 0.6 is 0 Å². The molecule has 0 aromatic carbocycles. The minimum atomic E-state index is -0.133. The van der Waals surface area contributed by atoms with Gasteiger partial charge in [0.05, 0.1) is 0 Å². The number of hydrogen-bond acceptors (Lipinski definition) is 3. The summed E-state index contributed by atoms with van der Waals surface area (Å²) in [5.41, 5.74) is -0.133.